The van der Waals surface area contributed by atoms with Crippen molar-refractivity contribution in [3.05, 3.63) is 75.4 Å². The van der Waals surface area contributed by atoms with E-state index in [0.29, 0.717) is 22.4 Å². The number of halogens is 2. The minimum Gasteiger partial charge on any atom is -0.619 e. The minimum absolute atomic E-state index is 0.0441. The predicted molar refractivity (Wildman–Crippen MR) is 136 cm³/mol. The van der Waals surface area contributed by atoms with Crippen molar-refractivity contribution in [1.82, 2.24) is 15.4 Å². The van der Waals surface area contributed by atoms with E-state index in [1.165, 1.54) is 6.07 Å². The number of pyridine rings is 1. The molecule has 0 fully saturated rings. The van der Waals surface area contributed by atoms with Crippen LogP contribution in [0.2, 0.25) is 10.0 Å². The molecule has 4 N–H and O–H groups in total. The zero-order valence-electron chi connectivity index (χ0n) is 19.3. The molecule has 0 aliphatic rings. The van der Waals surface area contributed by atoms with Gasteiger partial charge in [-0.2, -0.15) is 4.73 Å². The van der Waals surface area contributed by atoms with Crippen molar-refractivity contribution in [1.29, 1.82) is 0 Å². The summed E-state index contributed by atoms with van der Waals surface area (Å²) in [5.74, 6) is -1.77. The van der Waals surface area contributed by atoms with Crippen LogP contribution in [-0.2, 0) is 21.1 Å². The van der Waals surface area contributed by atoms with Crippen LogP contribution in [0.4, 0.5) is 11.5 Å². The number of hydrogen-bond donors (Lipinski definition) is 4. The molecule has 3 aromatic rings. The molecular weight excluding hydrogens is 547 g/mol. The summed E-state index contributed by atoms with van der Waals surface area (Å²) in [5, 5.41) is 23.2. The predicted octanol–water partition coefficient (Wildman–Crippen LogP) is 2.47. The number of carboxylic acid groups (broad SMARTS) is 1. The Balaban J connectivity index is 1.64. The zero-order chi connectivity index (χ0) is 27.2. The van der Waals surface area contributed by atoms with Crippen molar-refractivity contribution >= 4 is 56.4 Å². The molecular formula is C22H22Cl2N6O6S. The molecule has 37 heavy (non-hydrogen) atoms. The van der Waals surface area contributed by atoms with Crippen LogP contribution in [0.25, 0.3) is 0 Å². The Morgan fingerprint density at radius 2 is 1.78 bits per heavy atom. The molecule has 0 spiro atoms. The third kappa shape index (κ3) is 7.49. The van der Waals surface area contributed by atoms with Crippen LogP contribution in [0.5, 0.6) is 0 Å². The third-order valence-corrected chi connectivity index (χ3v) is 7.32. The van der Waals surface area contributed by atoms with Crippen molar-refractivity contribution in [2.75, 3.05) is 16.5 Å². The van der Waals surface area contributed by atoms with Gasteiger partial charge in [-0.3, -0.25) is 9.59 Å². The first-order valence-corrected chi connectivity index (χ1v) is 13.2. The minimum atomic E-state index is -3.57. The Kier molecular flexibility index (Phi) is 9.21. The average molecular weight is 569 g/mol. The molecule has 15 heteroatoms. The second kappa shape index (κ2) is 12.1. The van der Waals surface area contributed by atoms with Crippen LogP contribution in [-0.4, -0.2) is 47.2 Å². The molecule has 0 unspecified atom stereocenters. The number of nitrogens with zero attached hydrogens (tertiary/aromatic N) is 3. The molecule has 0 radical (unpaired) electrons. The summed E-state index contributed by atoms with van der Waals surface area (Å²) in [6, 6.07) is 6.48. The van der Waals surface area contributed by atoms with Gasteiger partial charge in [-0.25, -0.2) is 23.8 Å². The lowest BCUT2D eigenvalue weighted by atomic mass is 10.1. The zero-order valence-corrected chi connectivity index (χ0v) is 21.6. The number of aromatic nitrogens is 3. The summed E-state index contributed by atoms with van der Waals surface area (Å²) >= 11 is 11.9. The lowest BCUT2D eigenvalue weighted by molar-refractivity contribution is -0.605. The van der Waals surface area contributed by atoms with E-state index in [-0.39, 0.29) is 38.6 Å². The number of hydrazine groups is 1. The summed E-state index contributed by atoms with van der Waals surface area (Å²) in [6.07, 6.45) is 3.55. The van der Waals surface area contributed by atoms with Crippen molar-refractivity contribution < 1.29 is 27.8 Å². The number of sulfone groups is 1. The summed E-state index contributed by atoms with van der Waals surface area (Å²) < 4.78 is 24.8. The highest BCUT2D eigenvalue weighted by molar-refractivity contribution is 7.91. The summed E-state index contributed by atoms with van der Waals surface area (Å²) in [5.41, 5.74) is 6.19. The van der Waals surface area contributed by atoms with E-state index in [1.807, 2.05) is 0 Å². The molecule has 0 saturated heterocycles. The second-order valence-corrected chi connectivity index (χ2v) is 10.6. The maximum absolute atomic E-state index is 12.5. The van der Waals surface area contributed by atoms with Gasteiger partial charge in [0.2, 0.25) is 0 Å². The Morgan fingerprint density at radius 1 is 1.14 bits per heavy atom. The molecule has 196 valence electrons. The SMILES string of the molecule is CCCS(=O)(=O)c1cc(NN[C@@H](Cc2ccc(NC(=O)c3c(Cl)c[n+]([O-])cc3Cl)cc2)C(=O)O)ncn1. The van der Waals surface area contributed by atoms with E-state index in [9.17, 15) is 28.3 Å². The van der Waals surface area contributed by atoms with Crippen LogP contribution < -0.4 is 20.9 Å². The Morgan fingerprint density at radius 3 is 2.38 bits per heavy atom. The van der Waals surface area contributed by atoms with Crippen LogP contribution in [0.15, 0.2) is 54.1 Å². The molecule has 1 aromatic carbocycles. The quantitative estimate of drug-likeness (QED) is 0.116. The Bertz CT molecular complexity index is 1380. The number of amides is 1. The molecule has 1 atom stereocenters. The van der Waals surface area contributed by atoms with Gasteiger partial charge < -0.3 is 21.1 Å². The standard InChI is InChI=1S/C22H22Cl2N6O6S/c1-2-7-37(35,36)19-9-18(25-12-26-19)29-28-17(22(32)33)8-13-3-5-14(6-4-13)27-21(31)20-15(23)10-30(34)11-16(20)24/h3-6,9-12,17,28H,2,7-8H2,1H3,(H,27,31)(H,32,33)(H,25,26,29)/t17-/m0/s1. The van der Waals surface area contributed by atoms with Gasteiger partial charge in [-0.15, -0.1) is 0 Å². The van der Waals surface area contributed by atoms with Crippen LogP contribution in [0.3, 0.4) is 0 Å². The molecule has 2 heterocycles. The topological polar surface area (TPSA) is 177 Å². The first kappa shape index (κ1) is 28.1. The lowest BCUT2D eigenvalue weighted by Crippen LogP contribution is -2.42. The van der Waals surface area contributed by atoms with Crippen LogP contribution in [0.1, 0.15) is 29.3 Å². The highest BCUT2D eigenvalue weighted by Gasteiger charge is 2.21. The molecule has 0 saturated carbocycles. The summed E-state index contributed by atoms with van der Waals surface area (Å²) in [4.78, 5) is 32.0. The molecule has 0 aliphatic heterocycles. The van der Waals surface area contributed by atoms with E-state index < -0.39 is 27.8 Å². The van der Waals surface area contributed by atoms with Crippen molar-refractivity contribution in [3.8, 4) is 0 Å². The van der Waals surface area contributed by atoms with Gasteiger partial charge in [-0.05, 0) is 24.1 Å². The van der Waals surface area contributed by atoms with E-state index >= 15 is 0 Å². The second-order valence-electron chi connectivity index (χ2n) is 7.76. The molecule has 3 rings (SSSR count). The number of anilines is 2. The van der Waals surface area contributed by atoms with Gasteiger partial charge in [0, 0.05) is 18.2 Å². The third-order valence-electron chi connectivity index (χ3n) is 4.94. The molecule has 0 bridgehead atoms. The van der Waals surface area contributed by atoms with Gasteiger partial charge >= 0.3 is 5.97 Å². The number of aliphatic carboxylic acids is 1. The molecule has 0 aliphatic carbocycles. The average Bonchev–Trinajstić information content (AvgIpc) is 2.82. The molecule has 2 aromatic heterocycles. The molecule has 1 amide bonds. The summed E-state index contributed by atoms with van der Waals surface area (Å²) in [7, 11) is -3.57. The fourth-order valence-electron chi connectivity index (χ4n) is 3.19. The number of carboxylic acids is 1. The number of carbonyl (C=O) groups excluding carboxylic acids is 1. The van der Waals surface area contributed by atoms with Gasteiger partial charge in [0.05, 0.1) is 11.3 Å². The normalized spacial score (nSPS) is 12.1. The van der Waals surface area contributed by atoms with Crippen molar-refractivity contribution in [2.45, 2.75) is 30.8 Å². The van der Waals surface area contributed by atoms with E-state index in [2.05, 4.69) is 26.1 Å². The lowest BCUT2D eigenvalue weighted by Gasteiger charge is -2.16. The first-order chi connectivity index (χ1) is 17.5. The smallest absolute Gasteiger partial charge is 0.322 e. The number of hydrogen-bond acceptors (Lipinski definition) is 9. The monoisotopic (exact) mass is 568 g/mol. The largest absolute Gasteiger partial charge is 0.619 e. The maximum Gasteiger partial charge on any atom is 0.322 e. The van der Waals surface area contributed by atoms with E-state index in [0.717, 1.165) is 18.7 Å². The fourth-order valence-corrected chi connectivity index (χ4v) is 5.05. The summed E-state index contributed by atoms with van der Waals surface area (Å²) in [6.45, 7) is 1.73. The van der Waals surface area contributed by atoms with Crippen molar-refractivity contribution in [2.24, 2.45) is 0 Å². The highest BCUT2D eigenvalue weighted by atomic mass is 35.5. The Labute approximate surface area is 222 Å². The number of nitrogens with one attached hydrogen (secondary N) is 3. The number of rotatable bonds is 11. The first-order valence-electron chi connectivity index (χ1n) is 10.8. The molecule has 12 nitrogen and oxygen atoms in total. The maximum atomic E-state index is 12.5. The van der Waals surface area contributed by atoms with Crippen LogP contribution >= 0.6 is 23.2 Å². The van der Waals surface area contributed by atoms with Gasteiger partial charge in [0.15, 0.2) is 27.3 Å². The van der Waals surface area contributed by atoms with Gasteiger partial charge in [0.25, 0.3) is 5.91 Å². The van der Waals surface area contributed by atoms with Crippen LogP contribution in [0, 0.1) is 5.21 Å². The van der Waals surface area contributed by atoms with Gasteiger partial charge in [0.1, 0.15) is 28.2 Å². The fraction of sp³-hybridized carbons (Fsp3) is 0.227. The van der Waals surface area contributed by atoms with Crippen molar-refractivity contribution in [3.63, 3.8) is 0 Å². The Hall–Kier alpha value is -3.52. The highest BCUT2D eigenvalue weighted by Crippen LogP contribution is 2.23. The van der Waals surface area contributed by atoms with E-state index in [1.54, 1.807) is 31.2 Å². The van der Waals surface area contributed by atoms with Gasteiger partial charge in [-0.1, -0.05) is 42.3 Å². The number of carbonyl (C=O) groups is 2. The van der Waals surface area contributed by atoms with E-state index in [4.69, 9.17) is 23.2 Å². The number of benzene rings is 1.